The molecule has 0 atom stereocenters. The van der Waals surface area contributed by atoms with Crippen LogP contribution in [0.3, 0.4) is 0 Å². The second-order valence-corrected chi connectivity index (χ2v) is 10.9. The fourth-order valence-corrected chi connectivity index (χ4v) is 4.46. The van der Waals surface area contributed by atoms with Gasteiger partial charge < -0.3 is 19.5 Å². The van der Waals surface area contributed by atoms with Crippen LogP contribution < -0.4 is 25.0 Å². The summed E-state index contributed by atoms with van der Waals surface area (Å²) in [4.78, 5) is 36.8. The van der Waals surface area contributed by atoms with E-state index in [2.05, 4.69) is 29.7 Å². The first-order valence-electron chi connectivity index (χ1n) is 16.2. The Morgan fingerprint density at radius 2 is 1.39 bits per heavy atom. The Morgan fingerprint density at radius 1 is 0.750 bits per heavy atom. The van der Waals surface area contributed by atoms with Crippen molar-refractivity contribution in [3.63, 3.8) is 0 Å². The molecule has 0 bridgehead atoms. The number of ether oxygens (including phenoxy) is 3. The third-order valence-corrected chi connectivity index (χ3v) is 7.10. The zero-order valence-electron chi connectivity index (χ0n) is 26.8. The van der Waals surface area contributed by atoms with E-state index in [0.717, 1.165) is 32.1 Å². The highest BCUT2D eigenvalue weighted by molar-refractivity contribution is 5.92. The van der Waals surface area contributed by atoms with E-state index in [-0.39, 0.29) is 18.2 Å². The summed E-state index contributed by atoms with van der Waals surface area (Å²) in [5, 5.41) is 6.59. The Hall–Kier alpha value is -3.88. The summed E-state index contributed by atoms with van der Waals surface area (Å²) in [6, 6.07) is 11.7. The lowest BCUT2D eigenvalue weighted by Gasteiger charge is -2.10. The van der Waals surface area contributed by atoms with Gasteiger partial charge in [0.15, 0.2) is 11.5 Å². The van der Waals surface area contributed by atoms with Crippen LogP contribution in [0.25, 0.3) is 0 Å². The molecule has 2 N–H and O–H groups in total. The van der Waals surface area contributed by atoms with Crippen LogP contribution in [0.5, 0.6) is 17.2 Å². The van der Waals surface area contributed by atoms with Crippen molar-refractivity contribution in [2.75, 3.05) is 20.3 Å². The lowest BCUT2D eigenvalue weighted by atomic mass is 10.1. The maximum Gasteiger partial charge on any atom is 0.343 e. The van der Waals surface area contributed by atoms with Crippen molar-refractivity contribution in [3.05, 3.63) is 53.6 Å². The minimum Gasteiger partial charge on any atom is -0.494 e. The van der Waals surface area contributed by atoms with Gasteiger partial charge >= 0.3 is 5.97 Å². The van der Waals surface area contributed by atoms with Gasteiger partial charge in [-0.15, -0.1) is 0 Å². The quantitative estimate of drug-likeness (QED) is 0.0447. The number of unbranched alkanes of at least 4 members (excludes halogenated alkanes) is 11. The molecule has 2 aromatic carbocycles. The van der Waals surface area contributed by atoms with Gasteiger partial charge in [0.1, 0.15) is 5.75 Å². The predicted octanol–water partition coefficient (Wildman–Crippen LogP) is 7.36. The summed E-state index contributed by atoms with van der Waals surface area (Å²) in [5.74, 6) is 0.206. The van der Waals surface area contributed by atoms with Gasteiger partial charge in [0.2, 0.25) is 5.91 Å². The second-order valence-electron chi connectivity index (χ2n) is 10.9. The second kappa shape index (κ2) is 22.6. The molecule has 242 valence electrons. The number of nitrogens with one attached hydrogen (secondary N) is 2. The van der Waals surface area contributed by atoms with Crippen molar-refractivity contribution >= 4 is 24.0 Å². The molecule has 44 heavy (non-hydrogen) atoms. The van der Waals surface area contributed by atoms with Crippen LogP contribution in [-0.2, 0) is 9.59 Å². The summed E-state index contributed by atoms with van der Waals surface area (Å²) < 4.78 is 16.5. The molecule has 9 nitrogen and oxygen atoms in total. The van der Waals surface area contributed by atoms with E-state index in [0.29, 0.717) is 35.7 Å². The van der Waals surface area contributed by atoms with Gasteiger partial charge in [-0.05, 0) is 60.9 Å². The van der Waals surface area contributed by atoms with Crippen LogP contribution in [0, 0.1) is 0 Å². The molecule has 0 fully saturated rings. The summed E-state index contributed by atoms with van der Waals surface area (Å²) in [6.07, 6.45) is 17.3. The Kier molecular flexibility index (Phi) is 18.7. The van der Waals surface area contributed by atoms with E-state index in [1.54, 1.807) is 42.5 Å². The standard InChI is InChI=1S/C35H51N3O6/c1-4-6-8-9-10-11-12-13-14-15-16-17-33(39)36-27-34(40)38-37-26-28-18-23-31(32(25-28)42-3)44-35(41)29-19-21-30(22-20-29)43-24-7-5-2/h18-23,25-26H,4-17,24,27H2,1-3H3,(H,36,39)(H,38,40). The summed E-state index contributed by atoms with van der Waals surface area (Å²) in [6.45, 7) is 4.82. The molecule has 0 spiro atoms. The van der Waals surface area contributed by atoms with Gasteiger partial charge in [-0.25, -0.2) is 10.2 Å². The van der Waals surface area contributed by atoms with Crippen LogP contribution in [0.4, 0.5) is 0 Å². The molecule has 0 saturated heterocycles. The number of nitrogens with zero attached hydrogens (tertiary/aromatic N) is 1. The van der Waals surface area contributed by atoms with E-state index >= 15 is 0 Å². The molecular formula is C35H51N3O6. The molecule has 0 aliphatic rings. The average Bonchev–Trinajstić information content (AvgIpc) is 3.03. The molecule has 9 heteroatoms. The van der Waals surface area contributed by atoms with Gasteiger partial charge in [-0.3, -0.25) is 9.59 Å². The van der Waals surface area contributed by atoms with Crippen LogP contribution >= 0.6 is 0 Å². The Labute approximate surface area is 263 Å². The number of benzene rings is 2. The molecule has 2 aromatic rings. The van der Waals surface area contributed by atoms with Crippen LogP contribution in [0.15, 0.2) is 47.6 Å². The third-order valence-electron chi connectivity index (χ3n) is 7.10. The Morgan fingerprint density at radius 3 is 2.02 bits per heavy atom. The highest BCUT2D eigenvalue weighted by atomic mass is 16.6. The van der Waals surface area contributed by atoms with Crippen molar-refractivity contribution in [2.24, 2.45) is 5.10 Å². The Balaban J connectivity index is 1.66. The molecule has 0 unspecified atom stereocenters. The number of amides is 2. The largest absolute Gasteiger partial charge is 0.494 e. The molecule has 2 amide bonds. The summed E-state index contributed by atoms with van der Waals surface area (Å²) in [5.41, 5.74) is 3.41. The van der Waals surface area contributed by atoms with Gasteiger partial charge in [-0.1, -0.05) is 84.5 Å². The summed E-state index contributed by atoms with van der Waals surface area (Å²) in [7, 11) is 1.47. The number of carbonyl (C=O) groups is 3. The van der Waals surface area contributed by atoms with E-state index in [1.165, 1.54) is 64.7 Å². The van der Waals surface area contributed by atoms with Gasteiger partial charge in [0, 0.05) is 6.42 Å². The average molecular weight is 610 g/mol. The molecule has 0 heterocycles. The van der Waals surface area contributed by atoms with Gasteiger partial charge in [0.05, 0.1) is 32.0 Å². The molecule has 0 saturated carbocycles. The van der Waals surface area contributed by atoms with Gasteiger partial charge in [-0.2, -0.15) is 5.10 Å². The number of hydrazone groups is 1. The topological polar surface area (TPSA) is 115 Å². The minimum atomic E-state index is -0.525. The SMILES string of the molecule is CCCCCCCCCCCCCC(=O)NCC(=O)NN=Cc1ccc(OC(=O)c2ccc(OCCCC)cc2)c(OC)c1. The molecule has 0 aliphatic heterocycles. The number of esters is 1. The van der Waals surface area contributed by atoms with Crippen molar-refractivity contribution < 1.29 is 28.6 Å². The lowest BCUT2D eigenvalue weighted by Crippen LogP contribution is -2.34. The van der Waals surface area contributed by atoms with E-state index in [1.807, 2.05) is 0 Å². The van der Waals surface area contributed by atoms with E-state index in [9.17, 15) is 14.4 Å². The fourth-order valence-electron chi connectivity index (χ4n) is 4.46. The van der Waals surface area contributed by atoms with Crippen molar-refractivity contribution in [1.29, 1.82) is 0 Å². The number of methoxy groups -OCH3 is 1. The third kappa shape index (κ3) is 15.5. The van der Waals surface area contributed by atoms with Crippen LogP contribution in [0.2, 0.25) is 0 Å². The molecule has 0 aromatic heterocycles. The van der Waals surface area contributed by atoms with Gasteiger partial charge in [0.25, 0.3) is 5.91 Å². The van der Waals surface area contributed by atoms with E-state index in [4.69, 9.17) is 14.2 Å². The monoisotopic (exact) mass is 609 g/mol. The zero-order chi connectivity index (χ0) is 31.8. The predicted molar refractivity (Wildman–Crippen MR) is 175 cm³/mol. The highest BCUT2D eigenvalue weighted by Crippen LogP contribution is 2.28. The first kappa shape index (κ1) is 36.3. The molecule has 0 aliphatic carbocycles. The maximum atomic E-state index is 12.6. The lowest BCUT2D eigenvalue weighted by molar-refractivity contribution is -0.126. The van der Waals surface area contributed by atoms with Crippen molar-refractivity contribution in [3.8, 4) is 17.2 Å². The molecule has 2 rings (SSSR count). The van der Waals surface area contributed by atoms with Crippen molar-refractivity contribution in [1.82, 2.24) is 10.7 Å². The number of hydrogen-bond acceptors (Lipinski definition) is 7. The number of carbonyl (C=O) groups excluding carboxylic acids is 3. The zero-order valence-corrected chi connectivity index (χ0v) is 26.8. The van der Waals surface area contributed by atoms with Crippen LogP contribution in [0.1, 0.15) is 120 Å². The molecule has 0 radical (unpaired) electrons. The summed E-state index contributed by atoms with van der Waals surface area (Å²) >= 11 is 0. The normalized spacial score (nSPS) is 10.9. The first-order chi connectivity index (χ1) is 21.5. The first-order valence-corrected chi connectivity index (χ1v) is 16.2. The maximum absolute atomic E-state index is 12.6. The van der Waals surface area contributed by atoms with E-state index < -0.39 is 11.9 Å². The number of hydrogen-bond donors (Lipinski definition) is 2. The fraction of sp³-hybridized carbons (Fsp3) is 0.543. The highest BCUT2D eigenvalue weighted by Gasteiger charge is 2.13. The minimum absolute atomic E-state index is 0.133. The number of rotatable bonds is 23. The van der Waals surface area contributed by atoms with Crippen LogP contribution in [-0.4, -0.2) is 44.3 Å². The molecular weight excluding hydrogens is 558 g/mol. The van der Waals surface area contributed by atoms with Crippen molar-refractivity contribution in [2.45, 2.75) is 104 Å². The Bertz CT molecular complexity index is 1150. The smallest absolute Gasteiger partial charge is 0.343 e.